The molecule has 0 aliphatic carbocycles. The van der Waals surface area contributed by atoms with E-state index in [1.807, 2.05) is 19.9 Å². The number of halogens is 2. The predicted octanol–water partition coefficient (Wildman–Crippen LogP) is 4.41. The SMILES string of the molecule is Cc1ccc(C(=O)OCC(=O)Nc2ccc(Cl)cc2Cl)cc1C. The lowest BCUT2D eigenvalue weighted by Gasteiger charge is -2.09. The molecule has 4 nitrogen and oxygen atoms in total. The van der Waals surface area contributed by atoms with Crippen LogP contribution in [0.1, 0.15) is 21.5 Å². The van der Waals surface area contributed by atoms with E-state index in [2.05, 4.69) is 5.32 Å². The van der Waals surface area contributed by atoms with Crippen LogP contribution in [0.2, 0.25) is 10.0 Å². The summed E-state index contributed by atoms with van der Waals surface area (Å²) in [7, 11) is 0. The molecule has 2 rings (SSSR count). The summed E-state index contributed by atoms with van der Waals surface area (Å²) in [6.45, 7) is 3.46. The number of ether oxygens (including phenoxy) is 1. The van der Waals surface area contributed by atoms with Crippen LogP contribution < -0.4 is 5.32 Å². The Morgan fingerprint density at radius 3 is 2.43 bits per heavy atom. The molecular weight excluding hydrogens is 337 g/mol. The van der Waals surface area contributed by atoms with Crippen molar-refractivity contribution in [2.24, 2.45) is 0 Å². The molecule has 0 unspecified atom stereocenters. The van der Waals surface area contributed by atoms with Gasteiger partial charge in [-0.25, -0.2) is 4.79 Å². The molecular formula is C17H15Cl2NO3. The zero-order chi connectivity index (χ0) is 17.0. The van der Waals surface area contributed by atoms with Gasteiger partial charge < -0.3 is 10.1 Å². The highest BCUT2D eigenvalue weighted by molar-refractivity contribution is 6.36. The van der Waals surface area contributed by atoms with Gasteiger partial charge in [-0.3, -0.25) is 4.79 Å². The molecule has 0 saturated heterocycles. The van der Waals surface area contributed by atoms with Gasteiger partial charge >= 0.3 is 5.97 Å². The Morgan fingerprint density at radius 2 is 1.78 bits per heavy atom. The van der Waals surface area contributed by atoms with E-state index in [1.165, 1.54) is 6.07 Å². The molecule has 0 aliphatic heterocycles. The Bertz CT molecular complexity index is 759. The second-order valence-corrected chi connectivity index (χ2v) is 5.89. The summed E-state index contributed by atoms with van der Waals surface area (Å²) in [5, 5.41) is 3.34. The molecule has 0 saturated carbocycles. The molecule has 120 valence electrons. The monoisotopic (exact) mass is 351 g/mol. The Morgan fingerprint density at radius 1 is 1.04 bits per heavy atom. The first kappa shape index (κ1) is 17.3. The summed E-state index contributed by atoms with van der Waals surface area (Å²) < 4.78 is 5.00. The number of esters is 1. The van der Waals surface area contributed by atoms with Crippen molar-refractivity contribution in [3.8, 4) is 0 Å². The molecule has 0 bridgehead atoms. The van der Waals surface area contributed by atoms with Gasteiger partial charge in [0, 0.05) is 5.02 Å². The summed E-state index contributed by atoms with van der Waals surface area (Å²) in [5.41, 5.74) is 2.88. The highest BCUT2D eigenvalue weighted by atomic mass is 35.5. The maximum absolute atomic E-state index is 11.9. The van der Waals surface area contributed by atoms with Crippen molar-refractivity contribution in [2.75, 3.05) is 11.9 Å². The third kappa shape index (κ3) is 4.71. The van der Waals surface area contributed by atoms with E-state index in [0.717, 1.165) is 11.1 Å². The number of rotatable bonds is 4. The van der Waals surface area contributed by atoms with Crippen molar-refractivity contribution in [1.29, 1.82) is 0 Å². The van der Waals surface area contributed by atoms with Crippen molar-refractivity contribution in [3.05, 3.63) is 63.1 Å². The molecule has 0 fully saturated rings. The maximum atomic E-state index is 11.9. The summed E-state index contributed by atoms with van der Waals surface area (Å²) in [6, 6.07) is 9.92. The van der Waals surface area contributed by atoms with Crippen molar-refractivity contribution in [1.82, 2.24) is 0 Å². The van der Waals surface area contributed by atoms with Crippen LogP contribution in [-0.2, 0) is 9.53 Å². The number of aryl methyl sites for hydroxylation is 2. The molecule has 0 aromatic heterocycles. The molecule has 0 heterocycles. The van der Waals surface area contributed by atoms with E-state index in [1.54, 1.807) is 24.3 Å². The van der Waals surface area contributed by atoms with Gasteiger partial charge in [0.1, 0.15) is 0 Å². The molecule has 0 aliphatic rings. The van der Waals surface area contributed by atoms with Crippen LogP contribution in [0.3, 0.4) is 0 Å². The summed E-state index contributed by atoms with van der Waals surface area (Å²) in [4.78, 5) is 23.8. The highest BCUT2D eigenvalue weighted by Gasteiger charge is 2.12. The molecule has 2 aromatic rings. The minimum absolute atomic E-state index is 0.311. The van der Waals surface area contributed by atoms with Crippen LogP contribution >= 0.6 is 23.2 Å². The molecule has 0 spiro atoms. The van der Waals surface area contributed by atoms with E-state index in [0.29, 0.717) is 21.3 Å². The summed E-state index contributed by atoms with van der Waals surface area (Å²) >= 11 is 11.7. The van der Waals surface area contributed by atoms with Gasteiger partial charge in [0.05, 0.1) is 16.3 Å². The lowest BCUT2D eigenvalue weighted by Crippen LogP contribution is -2.21. The van der Waals surface area contributed by atoms with Gasteiger partial charge in [0.25, 0.3) is 5.91 Å². The van der Waals surface area contributed by atoms with Crippen molar-refractivity contribution in [2.45, 2.75) is 13.8 Å². The van der Waals surface area contributed by atoms with Crippen LogP contribution in [-0.4, -0.2) is 18.5 Å². The summed E-state index contributed by atoms with van der Waals surface area (Å²) in [5.74, 6) is -1.03. The fraction of sp³-hybridized carbons (Fsp3) is 0.176. The minimum atomic E-state index is -0.551. The van der Waals surface area contributed by atoms with Gasteiger partial charge in [0.15, 0.2) is 6.61 Å². The fourth-order valence-electron chi connectivity index (χ4n) is 1.86. The lowest BCUT2D eigenvalue weighted by molar-refractivity contribution is -0.119. The van der Waals surface area contributed by atoms with Crippen molar-refractivity contribution >= 4 is 40.8 Å². The van der Waals surface area contributed by atoms with Gasteiger partial charge in [-0.15, -0.1) is 0 Å². The Labute approximate surface area is 144 Å². The van der Waals surface area contributed by atoms with E-state index in [4.69, 9.17) is 27.9 Å². The number of benzene rings is 2. The number of carbonyl (C=O) groups excluding carboxylic acids is 2. The standard InChI is InChI=1S/C17H15Cl2NO3/c1-10-3-4-12(7-11(10)2)17(22)23-9-16(21)20-15-6-5-13(18)8-14(15)19/h3-8H,9H2,1-2H3,(H,20,21). The first-order valence-corrected chi connectivity index (χ1v) is 7.61. The van der Waals surface area contributed by atoms with Crippen molar-refractivity contribution in [3.63, 3.8) is 0 Å². The van der Waals surface area contributed by atoms with E-state index in [-0.39, 0.29) is 0 Å². The van der Waals surface area contributed by atoms with Gasteiger partial charge in [0.2, 0.25) is 0 Å². The largest absolute Gasteiger partial charge is 0.452 e. The van der Waals surface area contributed by atoms with E-state index in [9.17, 15) is 9.59 Å². The smallest absolute Gasteiger partial charge is 0.338 e. The van der Waals surface area contributed by atoms with Crippen LogP contribution in [0.15, 0.2) is 36.4 Å². The van der Waals surface area contributed by atoms with Gasteiger partial charge in [-0.2, -0.15) is 0 Å². The number of amides is 1. The van der Waals surface area contributed by atoms with E-state index >= 15 is 0 Å². The second-order valence-electron chi connectivity index (χ2n) is 5.05. The third-order valence-corrected chi connectivity index (χ3v) is 3.83. The summed E-state index contributed by atoms with van der Waals surface area (Å²) in [6.07, 6.45) is 0. The third-order valence-electron chi connectivity index (χ3n) is 3.28. The van der Waals surface area contributed by atoms with Crippen LogP contribution in [0, 0.1) is 13.8 Å². The molecule has 6 heteroatoms. The number of hydrogen-bond acceptors (Lipinski definition) is 3. The first-order valence-electron chi connectivity index (χ1n) is 6.86. The number of anilines is 1. The molecule has 1 amide bonds. The fourth-order valence-corrected chi connectivity index (χ4v) is 2.32. The van der Waals surface area contributed by atoms with Crippen LogP contribution in [0.5, 0.6) is 0 Å². The zero-order valence-electron chi connectivity index (χ0n) is 12.7. The number of carbonyl (C=O) groups is 2. The Kier molecular flexibility index (Phi) is 5.64. The second kappa shape index (κ2) is 7.49. The predicted molar refractivity (Wildman–Crippen MR) is 91.3 cm³/mol. The normalized spacial score (nSPS) is 10.3. The maximum Gasteiger partial charge on any atom is 0.338 e. The topological polar surface area (TPSA) is 55.4 Å². The molecule has 0 atom stereocenters. The van der Waals surface area contributed by atoms with Gasteiger partial charge in [-0.05, 0) is 55.3 Å². The molecule has 2 aromatic carbocycles. The average Bonchev–Trinajstić information content (AvgIpc) is 2.50. The van der Waals surface area contributed by atoms with E-state index < -0.39 is 18.5 Å². The van der Waals surface area contributed by atoms with Crippen LogP contribution in [0.25, 0.3) is 0 Å². The Balaban J connectivity index is 1.93. The lowest BCUT2D eigenvalue weighted by atomic mass is 10.1. The average molecular weight is 352 g/mol. The molecule has 0 radical (unpaired) electrons. The highest BCUT2D eigenvalue weighted by Crippen LogP contribution is 2.25. The Hall–Kier alpha value is -2.04. The van der Waals surface area contributed by atoms with Crippen molar-refractivity contribution < 1.29 is 14.3 Å². The zero-order valence-corrected chi connectivity index (χ0v) is 14.2. The first-order chi connectivity index (χ1) is 10.9. The number of nitrogens with one attached hydrogen (secondary N) is 1. The van der Waals surface area contributed by atoms with Crippen LogP contribution in [0.4, 0.5) is 5.69 Å². The minimum Gasteiger partial charge on any atom is -0.452 e. The number of hydrogen-bond donors (Lipinski definition) is 1. The quantitative estimate of drug-likeness (QED) is 0.830. The molecule has 1 N–H and O–H groups in total. The van der Waals surface area contributed by atoms with Gasteiger partial charge in [-0.1, -0.05) is 29.3 Å². The molecule has 23 heavy (non-hydrogen) atoms.